The minimum Gasteiger partial charge on any atom is -0.870 e. The topological polar surface area (TPSA) is 269 Å². The maximum atomic E-state index is 7.00. The van der Waals surface area contributed by atoms with Crippen LogP contribution in [0.25, 0.3) is 0 Å². The summed E-state index contributed by atoms with van der Waals surface area (Å²) in [7, 11) is 1.00. The van der Waals surface area contributed by atoms with Crippen molar-refractivity contribution in [3.8, 4) is 0 Å². The van der Waals surface area contributed by atoms with E-state index in [-0.39, 0.29) is 89.3 Å². The summed E-state index contributed by atoms with van der Waals surface area (Å²) in [5.41, 5.74) is 0. The largest absolute Gasteiger partial charge is 2.00 e. The van der Waals surface area contributed by atoms with Gasteiger partial charge in [0.1, 0.15) is 0 Å². The second kappa shape index (κ2) is 907. The molecular formula is CH18O9Sr. The number of hydrogen-bond acceptors (Lipinski definition) is 3. The molecule has 78 valence electrons. The molecule has 0 saturated heterocycles. The Morgan fingerprint density at radius 2 is 0.545 bits per heavy atom. The second-order valence-corrected chi connectivity index (χ2v) is 0. The summed E-state index contributed by atoms with van der Waals surface area (Å²) < 4.78 is 0. The van der Waals surface area contributed by atoms with E-state index in [4.69, 9.17) is 5.11 Å². The normalized spacial score (nSPS) is 0.545. The van der Waals surface area contributed by atoms with Crippen LogP contribution >= 0.6 is 0 Å². The molecule has 0 bridgehead atoms. The van der Waals surface area contributed by atoms with Crippen LogP contribution in [0.1, 0.15) is 0 Å². The fraction of sp³-hybridized carbons (Fsp3) is 1.00. The fourth-order valence-corrected chi connectivity index (χ4v) is 0. The summed E-state index contributed by atoms with van der Waals surface area (Å²) in [6.45, 7) is 0. The molecule has 0 radical (unpaired) electrons. The quantitative estimate of drug-likeness (QED) is 0.417. The SMILES string of the molecule is CO.O.O.O.O.O.O.[OH-].[OH-].[Sr+2]. The maximum Gasteiger partial charge on any atom is 2.00 e. The first-order valence-corrected chi connectivity index (χ1v) is 0.447. The first-order chi connectivity index (χ1) is 1.00. The molecule has 0 rings (SSSR count). The Labute approximate surface area is 101 Å². The van der Waals surface area contributed by atoms with Gasteiger partial charge in [0.05, 0.1) is 0 Å². The van der Waals surface area contributed by atoms with E-state index in [0.29, 0.717) is 0 Å². The van der Waals surface area contributed by atoms with Crippen molar-refractivity contribution in [3.63, 3.8) is 0 Å². The summed E-state index contributed by atoms with van der Waals surface area (Å²) in [6, 6.07) is 0. The number of aliphatic hydroxyl groups excluding tert-OH is 1. The molecule has 0 amide bonds. The zero-order chi connectivity index (χ0) is 2.00. The minimum atomic E-state index is 0. The van der Waals surface area contributed by atoms with Crippen LogP contribution in [-0.4, -0.2) is 102 Å². The zero-order valence-corrected chi connectivity index (χ0v) is 9.52. The standard InChI is InChI=1S/CH4O.8H2O.Sr/c1-2;;;;;;;;;/h2H,1H3;8*1H2;/q;;;;;;;;;+2/p-2. The van der Waals surface area contributed by atoms with Gasteiger partial charge in [0.15, 0.2) is 0 Å². The Bertz CT molecular complexity index is 9.52. The van der Waals surface area contributed by atoms with Gasteiger partial charge in [-0.05, 0) is 0 Å². The van der Waals surface area contributed by atoms with Crippen LogP contribution in [0.2, 0.25) is 0 Å². The van der Waals surface area contributed by atoms with Crippen molar-refractivity contribution in [2.75, 3.05) is 7.11 Å². The van der Waals surface area contributed by atoms with Crippen LogP contribution in [-0.2, 0) is 0 Å². The molecule has 0 aromatic rings. The number of hydrogen-bond donors (Lipinski definition) is 1. The summed E-state index contributed by atoms with van der Waals surface area (Å²) >= 11 is 0. The summed E-state index contributed by atoms with van der Waals surface area (Å²) in [5.74, 6) is 0. The molecule has 0 atom stereocenters. The van der Waals surface area contributed by atoms with Gasteiger partial charge in [0, 0.05) is 7.11 Å². The van der Waals surface area contributed by atoms with Crippen molar-refractivity contribution in [3.05, 3.63) is 0 Å². The average Bonchev–Trinajstić information content (AvgIpc) is 1.00. The van der Waals surface area contributed by atoms with Gasteiger partial charge in [0.25, 0.3) is 0 Å². The van der Waals surface area contributed by atoms with Crippen LogP contribution in [0.4, 0.5) is 0 Å². The van der Waals surface area contributed by atoms with E-state index < -0.39 is 0 Å². The van der Waals surface area contributed by atoms with Crippen molar-refractivity contribution in [1.82, 2.24) is 0 Å². The predicted octanol–water partition coefficient (Wildman–Crippen LogP) is -6.07. The van der Waals surface area contributed by atoms with Gasteiger partial charge in [-0.25, -0.2) is 0 Å². The predicted molar refractivity (Wildman–Crippen MR) is 39.5 cm³/mol. The van der Waals surface area contributed by atoms with Crippen molar-refractivity contribution in [1.29, 1.82) is 0 Å². The molecule has 0 aromatic heterocycles. The molecule has 0 heterocycles. The Morgan fingerprint density at radius 3 is 0.545 bits per heavy atom. The molecule has 9 nitrogen and oxygen atoms in total. The molecule has 0 saturated carbocycles. The van der Waals surface area contributed by atoms with E-state index >= 15 is 0 Å². The van der Waals surface area contributed by atoms with Crippen molar-refractivity contribution >= 4 is 45.5 Å². The number of aliphatic hydroxyl groups is 1. The molecule has 0 aliphatic rings. The smallest absolute Gasteiger partial charge is 0.870 e. The third-order valence-corrected chi connectivity index (χ3v) is 0. The van der Waals surface area contributed by atoms with Crippen molar-refractivity contribution < 1.29 is 48.9 Å². The Morgan fingerprint density at radius 1 is 0.545 bits per heavy atom. The van der Waals surface area contributed by atoms with Crippen LogP contribution in [0.15, 0.2) is 0 Å². The van der Waals surface area contributed by atoms with Crippen molar-refractivity contribution in [2.24, 2.45) is 0 Å². The van der Waals surface area contributed by atoms with E-state index in [1.54, 1.807) is 0 Å². The molecular weight excluding hydrogens is 244 g/mol. The van der Waals surface area contributed by atoms with Gasteiger partial charge in [0.2, 0.25) is 0 Å². The minimum absolute atomic E-state index is 0. The molecule has 0 aromatic carbocycles. The van der Waals surface area contributed by atoms with Crippen LogP contribution in [0.5, 0.6) is 0 Å². The Hall–Kier alpha value is 1.12. The van der Waals surface area contributed by atoms with E-state index in [9.17, 15) is 0 Å². The Kier molecular flexibility index (Phi) is 27500. The van der Waals surface area contributed by atoms with Gasteiger partial charge >= 0.3 is 45.5 Å². The molecule has 11 heavy (non-hydrogen) atoms. The molecule has 0 aliphatic carbocycles. The second-order valence-electron chi connectivity index (χ2n) is 0. The zero-order valence-electron chi connectivity index (χ0n) is 6.05. The van der Waals surface area contributed by atoms with Gasteiger partial charge in [-0.1, -0.05) is 0 Å². The van der Waals surface area contributed by atoms with Crippen LogP contribution < -0.4 is 0 Å². The van der Waals surface area contributed by atoms with Gasteiger partial charge < -0.3 is 48.9 Å². The fourth-order valence-electron chi connectivity index (χ4n) is 0. The molecule has 0 fully saturated rings. The molecule has 0 spiro atoms. The van der Waals surface area contributed by atoms with E-state index in [0.717, 1.165) is 7.11 Å². The van der Waals surface area contributed by atoms with Crippen LogP contribution in [0.3, 0.4) is 0 Å². The van der Waals surface area contributed by atoms with E-state index in [1.165, 1.54) is 0 Å². The van der Waals surface area contributed by atoms with Crippen molar-refractivity contribution in [2.45, 2.75) is 0 Å². The summed E-state index contributed by atoms with van der Waals surface area (Å²) in [6.07, 6.45) is 0. The molecule has 15 N–H and O–H groups in total. The summed E-state index contributed by atoms with van der Waals surface area (Å²) in [5, 5.41) is 7.00. The first kappa shape index (κ1) is 333. The average molecular weight is 262 g/mol. The molecule has 0 aliphatic heterocycles. The Balaban J connectivity index is -0.000000000139. The third-order valence-electron chi connectivity index (χ3n) is 0. The van der Waals surface area contributed by atoms with E-state index in [1.807, 2.05) is 0 Å². The number of rotatable bonds is 0. The molecule has 10 heteroatoms. The third kappa shape index (κ3) is 737. The van der Waals surface area contributed by atoms with Gasteiger partial charge in [-0.15, -0.1) is 0 Å². The van der Waals surface area contributed by atoms with E-state index in [2.05, 4.69) is 0 Å². The monoisotopic (exact) mass is 262 g/mol. The van der Waals surface area contributed by atoms with Gasteiger partial charge in [-0.3, -0.25) is 0 Å². The first-order valence-electron chi connectivity index (χ1n) is 0.447. The maximum absolute atomic E-state index is 7.00. The summed E-state index contributed by atoms with van der Waals surface area (Å²) in [4.78, 5) is 0. The van der Waals surface area contributed by atoms with Crippen LogP contribution in [0, 0.1) is 0 Å². The van der Waals surface area contributed by atoms with Gasteiger partial charge in [-0.2, -0.15) is 0 Å². The molecule has 0 unspecified atom stereocenters.